The van der Waals surface area contributed by atoms with Crippen LogP contribution in [0.3, 0.4) is 0 Å². The Hall–Kier alpha value is 0.960. The summed E-state index contributed by atoms with van der Waals surface area (Å²) in [6, 6.07) is 0. The fourth-order valence-corrected chi connectivity index (χ4v) is 1.79. The van der Waals surface area contributed by atoms with Crippen molar-refractivity contribution in [1.29, 1.82) is 0 Å². The average molecular weight is 289 g/mol. The SMILES string of the molecule is CNC1CCC(COSI)O1. The van der Waals surface area contributed by atoms with Crippen LogP contribution in [0, 0.1) is 0 Å². The smallest absolute Gasteiger partial charge is 0.108 e. The van der Waals surface area contributed by atoms with E-state index in [0.717, 1.165) is 12.8 Å². The van der Waals surface area contributed by atoms with Gasteiger partial charge in [-0.3, -0.25) is 5.32 Å². The minimum atomic E-state index is 0.239. The van der Waals surface area contributed by atoms with Crippen LogP contribution in [0.5, 0.6) is 0 Å². The van der Waals surface area contributed by atoms with E-state index >= 15 is 0 Å². The molecule has 0 aromatic heterocycles. The Morgan fingerprint density at radius 1 is 1.73 bits per heavy atom. The predicted octanol–water partition coefficient (Wildman–Crippen LogP) is 1.73. The Labute approximate surface area is 83.4 Å². The predicted molar refractivity (Wildman–Crippen MR) is 54.5 cm³/mol. The quantitative estimate of drug-likeness (QED) is 0.630. The lowest BCUT2D eigenvalue weighted by Crippen LogP contribution is -2.25. The zero-order valence-electron chi connectivity index (χ0n) is 6.38. The molecule has 66 valence electrons. The van der Waals surface area contributed by atoms with Crippen molar-refractivity contribution < 1.29 is 8.92 Å². The Morgan fingerprint density at radius 2 is 2.55 bits per heavy atom. The lowest BCUT2D eigenvalue weighted by molar-refractivity contribution is 0.0104. The number of nitrogens with one attached hydrogen (secondary N) is 1. The summed E-state index contributed by atoms with van der Waals surface area (Å²) < 4.78 is 10.7. The highest BCUT2D eigenvalue weighted by atomic mass is 127. The molecule has 0 bridgehead atoms. The van der Waals surface area contributed by atoms with Gasteiger partial charge in [0.2, 0.25) is 0 Å². The summed E-state index contributed by atoms with van der Waals surface area (Å²) in [6.45, 7) is 0.700. The van der Waals surface area contributed by atoms with Crippen LogP contribution in [0.25, 0.3) is 0 Å². The topological polar surface area (TPSA) is 30.5 Å². The van der Waals surface area contributed by atoms with Gasteiger partial charge in [-0.25, -0.2) is 0 Å². The third-order valence-electron chi connectivity index (χ3n) is 1.73. The molecule has 1 N–H and O–H groups in total. The van der Waals surface area contributed by atoms with Crippen molar-refractivity contribution in [2.75, 3.05) is 13.7 Å². The first kappa shape index (κ1) is 10.0. The fraction of sp³-hybridized carbons (Fsp3) is 1.00. The Kier molecular flexibility index (Phi) is 5.09. The molecule has 0 amide bonds. The number of rotatable bonds is 4. The molecule has 2 unspecified atom stereocenters. The molecule has 11 heavy (non-hydrogen) atoms. The van der Waals surface area contributed by atoms with E-state index in [-0.39, 0.29) is 12.3 Å². The third-order valence-corrected chi connectivity index (χ3v) is 2.72. The summed E-state index contributed by atoms with van der Waals surface area (Å²) in [5.74, 6) is 0. The molecule has 1 aliphatic heterocycles. The van der Waals surface area contributed by atoms with E-state index in [1.807, 2.05) is 7.05 Å². The molecule has 0 spiro atoms. The largest absolute Gasteiger partial charge is 0.358 e. The summed E-state index contributed by atoms with van der Waals surface area (Å²) >= 11 is 2.11. The molecular formula is C6H12INO2S. The Bertz CT molecular complexity index is 117. The molecule has 2 atom stereocenters. The van der Waals surface area contributed by atoms with E-state index in [1.165, 1.54) is 9.21 Å². The van der Waals surface area contributed by atoms with Gasteiger partial charge in [0.25, 0.3) is 0 Å². The second kappa shape index (κ2) is 5.58. The maximum atomic E-state index is 5.56. The van der Waals surface area contributed by atoms with Crippen LogP contribution in [0.2, 0.25) is 0 Å². The molecule has 0 aliphatic carbocycles. The van der Waals surface area contributed by atoms with Gasteiger partial charge >= 0.3 is 0 Å². The number of hydrogen-bond donors (Lipinski definition) is 1. The average Bonchev–Trinajstić information content (AvgIpc) is 2.48. The zero-order chi connectivity index (χ0) is 8.10. The summed E-state index contributed by atoms with van der Waals surface area (Å²) in [5, 5.41) is 3.08. The van der Waals surface area contributed by atoms with Crippen LogP contribution in [-0.2, 0) is 8.92 Å². The molecule has 1 saturated heterocycles. The fourth-order valence-electron chi connectivity index (χ4n) is 1.14. The first-order valence-corrected chi connectivity index (χ1v) is 6.88. The van der Waals surface area contributed by atoms with Crippen molar-refractivity contribution in [2.24, 2.45) is 0 Å². The highest BCUT2D eigenvalue weighted by Gasteiger charge is 2.23. The summed E-state index contributed by atoms with van der Waals surface area (Å²) in [6.07, 6.45) is 2.72. The second-order valence-electron chi connectivity index (χ2n) is 2.46. The molecule has 0 saturated carbocycles. The second-order valence-corrected chi connectivity index (χ2v) is 3.90. The molecule has 3 nitrogen and oxygen atoms in total. The van der Waals surface area contributed by atoms with Crippen molar-refractivity contribution in [3.8, 4) is 0 Å². The highest BCUT2D eigenvalue weighted by Crippen LogP contribution is 2.21. The van der Waals surface area contributed by atoms with Gasteiger partial charge in [0.1, 0.15) is 6.23 Å². The van der Waals surface area contributed by atoms with Crippen LogP contribution < -0.4 is 5.32 Å². The van der Waals surface area contributed by atoms with Crippen LogP contribution in [0.1, 0.15) is 12.8 Å². The van der Waals surface area contributed by atoms with Crippen molar-refractivity contribution in [3.05, 3.63) is 0 Å². The van der Waals surface area contributed by atoms with Gasteiger partial charge in [0.05, 0.1) is 21.9 Å². The van der Waals surface area contributed by atoms with E-state index in [9.17, 15) is 0 Å². The van der Waals surface area contributed by atoms with Crippen molar-refractivity contribution in [2.45, 2.75) is 25.2 Å². The van der Waals surface area contributed by atoms with Crippen molar-refractivity contribution in [3.63, 3.8) is 0 Å². The van der Waals surface area contributed by atoms with E-state index in [1.54, 1.807) is 0 Å². The first-order valence-electron chi connectivity index (χ1n) is 3.59. The minimum Gasteiger partial charge on any atom is -0.358 e. The van der Waals surface area contributed by atoms with E-state index < -0.39 is 0 Å². The molecule has 1 aliphatic rings. The molecule has 0 aromatic carbocycles. The molecule has 1 heterocycles. The van der Waals surface area contributed by atoms with Crippen LogP contribution in [0.4, 0.5) is 0 Å². The van der Waals surface area contributed by atoms with Gasteiger partial charge in [-0.15, -0.1) is 0 Å². The van der Waals surface area contributed by atoms with Crippen molar-refractivity contribution in [1.82, 2.24) is 5.32 Å². The molecular weight excluding hydrogens is 277 g/mol. The monoisotopic (exact) mass is 289 g/mol. The van der Waals surface area contributed by atoms with Crippen LogP contribution in [-0.4, -0.2) is 26.0 Å². The van der Waals surface area contributed by atoms with Gasteiger partial charge in [0, 0.05) is 21.2 Å². The molecule has 5 heteroatoms. The van der Waals surface area contributed by atoms with E-state index in [2.05, 4.69) is 26.5 Å². The van der Waals surface area contributed by atoms with Gasteiger partial charge in [-0.05, 0) is 19.9 Å². The van der Waals surface area contributed by atoms with Gasteiger partial charge in [-0.1, -0.05) is 0 Å². The Morgan fingerprint density at radius 3 is 3.09 bits per heavy atom. The first-order chi connectivity index (χ1) is 5.36. The molecule has 1 rings (SSSR count). The third kappa shape index (κ3) is 3.45. The number of hydrogen-bond acceptors (Lipinski definition) is 4. The number of halogens is 1. The van der Waals surface area contributed by atoms with Crippen molar-refractivity contribution >= 4 is 30.4 Å². The van der Waals surface area contributed by atoms with Gasteiger partial charge < -0.3 is 8.92 Å². The summed E-state index contributed by atoms with van der Waals surface area (Å²) in [4.78, 5) is 0. The standard InChI is InChI=1S/C6H12INO2S/c1-8-6-3-2-5(10-6)4-9-11-7/h5-6,8H,2-4H2,1H3. The van der Waals surface area contributed by atoms with Gasteiger partial charge in [0.15, 0.2) is 0 Å². The normalized spacial score (nSPS) is 31.1. The number of ether oxygens (including phenoxy) is 1. The maximum Gasteiger partial charge on any atom is 0.108 e. The van der Waals surface area contributed by atoms with Crippen LogP contribution >= 0.6 is 30.4 Å². The van der Waals surface area contributed by atoms with Gasteiger partial charge in [-0.2, -0.15) is 0 Å². The minimum absolute atomic E-state index is 0.239. The Balaban J connectivity index is 2.09. The lowest BCUT2D eigenvalue weighted by Gasteiger charge is -2.11. The highest BCUT2D eigenvalue weighted by molar-refractivity contribution is 14.2. The zero-order valence-corrected chi connectivity index (χ0v) is 9.35. The summed E-state index contributed by atoms with van der Waals surface area (Å²) in [7, 11) is 3.28. The molecule has 0 aromatic rings. The molecule has 1 fully saturated rings. The maximum absolute atomic E-state index is 5.56. The van der Waals surface area contributed by atoms with E-state index in [4.69, 9.17) is 8.92 Å². The lowest BCUT2D eigenvalue weighted by atomic mass is 10.2. The molecule has 0 radical (unpaired) electrons. The van der Waals surface area contributed by atoms with Crippen LogP contribution in [0.15, 0.2) is 0 Å². The summed E-state index contributed by atoms with van der Waals surface area (Å²) in [5.41, 5.74) is 0. The van der Waals surface area contributed by atoms with E-state index in [0.29, 0.717) is 6.61 Å².